The van der Waals surface area contributed by atoms with E-state index in [4.69, 9.17) is 11.6 Å². The number of hydrogen-bond donors (Lipinski definition) is 1. The average Bonchev–Trinajstić information content (AvgIpc) is 2.46. The molecule has 1 aliphatic rings. The predicted molar refractivity (Wildman–Crippen MR) is 74.0 cm³/mol. The molecule has 1 N–H and O–H groups in total. The van der Waals surface area contributed by atoms with Gasteiger partial charge in [0.25, 0.3) is 0 Å². The first-order valence-electron chi connectivity index (χ1n) is 6.06. The van der Waals surface area contributed by atoms with Gasteiger partial charge in [-0.2, -0.15) is 0 Å². The molecule has 0 fully saturated rings. The first-order chi connectivity index (χ1) is 9.26. The van der Waals surface area contributed by atoms with Crippen molar-refractivity contribution in [3.05, 3.63) is 41.9 Å². The topological polar surface area (TPSA) is 54.9 Å². The highest BCUT2D eigenvalue weighted by atomic mass is 35.5. The fourth-order valence-electron chi connectivity index (χ4n) is 2.11. The Balaban J connectivity index is 1.99. The molecule has 0 unspecified atom stereocenters. The number of aromatic nitrogens is 2. The highest BCUT2D eigenvalue weighted by Crippen LogP contribution is 2.25. The number of rotatable bonds is 2. The van der Waals surface area contributed by atoms with Crippen molar-refractivity contribution >= 4 is 23.2 Å². The molecule has 2 aromatic rings. The van der Waals surface area contributed by atoms with E-state index in [0.29, 0.717) is 18.7 Å². The molecule has 0 aromatic carbocycles. The van der Waals surface area contributed by atoms with Gasteiger partial charge in [0.05, 0.1) is 17.1 Å². The van der Waals surface area contributed by atoms with Gasteiger partial charge in [-0.25, -0.2) is 0 Å². The van der Waals surface area contributed by atoms with Crippen LogP contribution in [0.25, 0.3) is 11.3 Å². The molecule has 4 nitrogen and oxygen atoms in total. The number of anilines is 1. The monoisotopic (exact) mass is 273 g/mol. The highest BCUT2D eigenvalue weighted by Gasteiger charge is 2.16. The van der Waals surface area contributed by atoms with Gasteiger partial charge in [-0.15, -0.1) is 11.6 Å². The van der Waals surface area contributed by atoms with Crippen LogP contribution in [0.5, 0.6) is 0 Å². The Morgan fingerprint density at radius 2 is 2.16 bits per heavy atom. The van der Waals surface area contributed by atoms with E-state index < -0.39 is 0 Å². The summed E-state index contributed by atoms with van der Waals surface area (Å²) in [6, 6.07) is 5.76. The fraction of sp³-hybridized carbons (Fsp3) is 0.214. The van der Waals surface area contributed by atoms with Crippen LogP contribution in [0.2, 0.25) is 0 Å². The van der Waals surface area contributed by atoms with E-state index in [1.165, 1.54) is 0 Å². The van der Waals surface area contributed by atoms with Crippen LogP contribution in [0.3, 0.4) is 0 Å². The van der Waals surface area contributed by atoms with E-state index in [2.05, 4.69) is 15.3 Å². The molecule has 3 rings (SSSR count). The minimum Gasteiger partial charge on any atom is -0.324 e. The Hall–Kier alpha value is -1.94. The average molecular weight is 274 g/mol. The molecule has 0 bridgehead atoms. The molecule has 0 spiro atoms. The van der Waals surface area contributed by atoms with Gasteiger partial charge in [-0.3, -0.25) is 14.8 Å². The smallest absolute Gasteiger partial charge is 0.224 e. The summed E-state index contributed by atoms with van der Waals surface area (Å²) in [5, 5.41) is 2.82. The molecule has 0 aliphatic carbocycles. The Bertz CT molecular complexity index is 642. The van der Waals surface area contributed by atoms with Crippen molar-refractivity contribution in [2.24, 2.45) is 0 Å². The second-order valence-corrected chi connectivity index (χ2v) is 4.72. The van der Waals surface area contributed by atoms with Crippen molar-refractivity contribution in [2.45, 2.75) is 18.7 Å². The van der Waals surface area contributed by atoms with Gasteiger partial charge >= 0.3 is 0 Å². The molecule has 3 heterocycles. The third-order valence-electron chi connectivity index (χ3n) is 3.08. The summed E-state index contributed by atoms with van der Waals surface area (Å²) in [5.74, 6) is 0.481. The number of nitrogens with one attached hydrogen (secondary N) is 1. The van der Waals surface area contributed by atoms with Gasteiger partial charge in [0, 0.05) is 36.7 Å². The maximum atomic E-state index is 11.3. The van der Waals surface area contributed by atoms with Crippen molar-refractivity contribution < 1.29 is 4.79 Å². The van der Waals surface area contributed by atoms with E-state index in [1.54, 1.807) is 12.4 Å². The fourth-order valence-corrected chi connectivity index (χ4v) is 2.26. The predicted octanol–water partition coefficient (Wildman–Crippen LogP) is 2.77. The third kappa shape index (κ3) is 2.44. The Kier molecular flexibility index (Phi) is 3.17. The number of amides is 1. The maximum Gasteiger partial charge on any atom is 0.224 e. The first-order valence-corrected chi connectivity index (χ1v) is 6.60. The number of carbonyl (C=O) groups excluding carboxylic acids is 1. The van der Waals surface area contributed by atoms with E-state index in [9.17, 15) is 4.79 Å². The summed E-state index contributed by atoms with van der Waals surface area (Å²) < 4.78 is 0. The van der Waals surface area contributed by atoms with Crippen molar-refractivity contribution in [3.8, 4) is 11.3 Å². The lowest BCUT2D eigenvalue weighted by atomic mass is 10.1. The number of nitrogens with zero attached hydrogens (tertiary/aromatic N) is 2. The zero-order chi connectivity index (χ0) is 13.2. The van der Waals surface area contributed by atoms with Crippen molar-refractivity contribution in [2.75, 3.05) is 5.32 Å². The van der Waals surface area contributed by atoms with E-state index in [-0.39, 0.29) is 5.91 Å². The standard InChI is InChI=1S/C14H12ClN3O/c15-6-9-5-10(8-16-7-9)11-1-2-13-12(17-11)3-4-14(19)18-13/h1-2,5,7-8H,3-4,6H2,(H,18,19). The summed E-state index contributed by atoms with van der Waals surface area (Å²) >= 11 is 5.81. The number of alkyl halides is 1. The van der Waals surface area contributed by atoms with Gasteiger partial charge in [-0.05, 0) is 23.8 Å². The Morgan fingerprint density at radius 3 is 3.00 bits per heavy atom. The van der Waals surface area contributed by atoms with E-state index >= 15 is 0 Å². The normalized spacial score (nSPS) is 13.8. The maximum absolute atomic E-state index is 11.3. The molecule has 0 radical (unpaired) electrons. The van der Waals surface area contributed by atoms with Crippen LogP contribution in [-0.2, 0) is 17.1 Å². The Morgan fingerprint density at radius 1 is 1.26 bits per heavy atom. The number of hydrogen-bond acceptors (Lipinski definition) is 3. The summed E-state index contributed by atoms with van der Waals surface area (Å²) in [6.45, 7) is 0. The molecule has 19 heavy (non-hydrogen) atoms. The van der Waals surface area contributed by atoms with Gasteiger partial charge in [0.1, 0.15) is 0 Å². The molecule has 0 saturated heterocycles. The van der Waals surface area contributed by atoms with Crippen molar-refractivity contribution in [3.63, 3.8) is 0 Å². The molecular formula is C14H12ClN3O. The number of aryl methyl sites for hydroxylation is 1. The third-order valence-corrected chi connectivity index (χ3v) is 3.39. The molecule has 1 amide bonds. The van der Waals surface area contributed by atoms with Crippen molar-refractivity contribution in [1.82, 2.24) is 9.97 Å². The minimum atomic E-state index is 0.0489. The molecular weight excluding hydrogens is 262 g/mol. The summed E-state index contributed by atoms with van der Waals surface area (Å²) in [4.78, 5) is 20.1. The lowest BCUT2D eigenvalue weighted by Gasteiger charge is -2.16. The molecule has 1 aliphatic heterocycles. The molecule has 5 heteroatoms. The lowest BCUT2D eigenvalue weighted by molar-refractivity contribution is -0.116. The SMILES string of the molecule is O=C1CCc2nc(-c3cncc(CCl)c3)ccc2N1. The van der Waals surface area contributed by atoms with Crippen LogP contribution in [0.1, 0.15) is 17.7 Å². The largest absolute Gasteiger partial charge is 0.324 e. The van der Waals surface area contributed by atoms with Crippen molar-refractivity contribution in [1.29, 1.82) is 0 Å². The van der Waals surface area contributed by atoms with Crippen LogP contribution >= 0.6 is 11.6 Å². The number of halogens is 1. The van der Waals surface area contributed by atoms with E-state index in [0.717, 1.165) is 28.2 Å². The lowest BCUT2D eigenvalue weighted by Crippen LogP contribution is -2.19. The van der Waals surface area contributed by atoms with Gasteiger partial charge < -0.3 is 5.32 Å². The zero-order valence-electron chi connectivity index (χ0n) is 10.2. The number of carbonyl (C=O) groups is 1. The van der Waals surface area contributed by atoms with Gasteiger partial charge in [-0.1, -0.05) is 0 Å². The highest BCUT2D eigenvalue weighted by molar-refractivity contribution is 6.17. The second-order valence-electron chi connectivity index (χ2n) is 4.45. The van der Waals surface area contributed by atoms with Crippen LogP contribution < -0.4 is 5.32 Å². The summed E-state index contributed by atoms with van der Waals surface area (Å²) in [7, 11) is 0. The molecule has 0 atom stereocenters. The second kappa shape index (κ2) is 4.97. The molecule has 0 saturated carbocycles. The quantitative estimate of drug-likeness (QED) is 0.856. The minimum absolute atomic E-state index is 0.0489. The molecule has 96 valence electrons. The number of fused-ring (bicyclic) bond motifs is 1. The zero-order valence-corrected chi connectivity index (χ0v) is 10.9. The van der Waals surface area contributed by atoms with Crippen LogP contribution in [0, 0.1) is 0 Å². The Labute approximate surface area is 115 Å². The first kappa shape index (κ1) is 12.1. The van der Waals surface area contributed by atoms with Crippen LogP contribution in [0.15, 0.2) is 30.6 Å². The van der Waals surface area contributed by atoms with Gasteiger partial charge in [0.15, 0.2) is 0 Å². The van der Waals surface area contributed by atoms with E-state index in [1.807, 2.05) is 18.2 Å². The number of pyridine rings is 2. The molecule has 2 aromatic heterocycles. The van der Waals surface area contributed by atoms with Crippen LogP contribution in [-0.4, -0.2) is 15.9 Å². The van der Waals surface area contributed by atoms with Crippen LogP contribution in [0.4, 0.5) is 5.69 Å². The summed E-state index contributed by atoms with van der Waals surface area (Å²) in [6.07, 6.45) is 4.68. The summed E-state index contributed by atoms with van der Waals surface area (Å²) in [5.41, 5.74) is 4.49. The van der Waals surface area contributed by atoms with Gasteiger partial charge in [0.2, 0.25) is 5.91 Å².